The minimum Gasteiger partial charge on any atom is -0.508 e. The summed E-state index contributed by atoms with van der Waals surface area (Å²) < 4.78 is 17.6. The Bertz CT molecular complexity index is 1280. The summed E-state index contributed by atoms with van der Waals surface area (Å²) in [4.78, 5) is 2.54. The molecule has 2 unspecified atom stereocenters. The van der Waals surface area contributed by atoms with Gasteiger partial charge in [-0.1, -0.05) is 31.0 Å². The lowest BCUT2D eigenvalue weighted by Crippen LogP contribution is -2.29. The fourth-order valence-corrected chi connectivity index (χ4v) is 6.47. The number of aryl methyl sites for hydroxylation is 1. The minimum atomic E-state index is 0.238. The fourth-order valence-electron chi connectivity index (χ4n) is 6.47. The van der Waals surface area contributed by atoms with Crippen LogP contribution in [0.25, 0.3) is 0 Å². The van der Waals surface area contributed by atoms with E-state index in [9.17, 15) is 5.11 Å². The summed E-state index contributed by atoms with van der Waals surface area (Å²) in [5.74, 6) is 3.32. The van der Waals surface area contributed by atoms with E-state index in [0.717, 1.165) is 61.8 Å². The number of phenolic OH excluding ortho intramolecular Hbond substituents is 1. The van der Waals surface area contributed by atoms with E-state index in [0.29, 0.717) is 11.7 Å². The normalized spacial score (nSPS) is 19.5. The van der Waals surface area contributed by atoms with Crippen LogP contribution in [0, 0.1) is 0 Å². The van der Waals surface area contributed by atoms with Crippen LogP contribution in [0.3, 0.4) is 0 Å². The van der Waals surface area contributed by atoms with Crippen LogP contribution >= 0.6 is 0 Å². The van der Waals surface area contributed by atoms with Crippen LogP contribution in [-0.2, 0) is 19.3 Å². The van der Waals surface area contributed by atoms with Gasteiger partial charge in [0.25, 0.3) is 0 Å². The Balaban J connectivity index is 1.08. The van der Waals surface area contributed by atoms with E-state index < -0.39 is 0 Å². The van der Waals surface area contributed by atoms with Crippen molar-refractivity contribution in [3.05, 3.63) is 76.9 Å². The van der Waals surface area contributed by atoms with Crippen LogP contribution in [0.4, 0.5) is 5.69 Å². The number of likely N-dealkylation sites (tertiary alicyclic amines) is 1. The summed E-state index contributed by atoms with van der Waals surface area (Å²) in [6, 6.07) is 18.9. The van der Waals surface area contributed by atoms with Gasteiger partial charge in [0.05, 0.1) is 0 Å². The molecule has 0 aromatic heterocycles. The average Bonchev–Trinajstić information content (AvgIpc) is 3.26. The highest BCUT2D eigenvalue weighted by molar-refractivity contribution is 5.63. The van der Waals surface area contributed by atoms with Crippen molar-refractivity contribution in [3.63, 3.8) is 0 Å². The molecule has 3 aromatic rings. The number of anilines is 1. The molecule has 2 N–H and O–H groups in total. The number of ether oxygens (including phenoxy) is 3. The first-order chi connectivity index (χ1) is 19.6. The summed E-state index contributed by atoms with van der Waals surface area (Å²) in [5.41, 5.74) is 6.27. The number of hydrogen-bond acceptors (Lipinski definition) is 6. The van der Waals surface area contributed by atoms with Gasteiger partial charge < -0.3 is 24.6 Å². The molecule has 1 fully saturated rings. The second-order valence-corrected chi connectivity index (χ2v) is 11.7. The minimum absolute atomic E-state index is 0.238. The predicted molar refractivity (Wildman–Crippen MR) is 159 cm³/mol. The number of phenols is 1. The number of nitrogens with zero attached hydrogens (tertiary/aromatic N) is 1. The average molecular weight is 543 g/mol. The largest absolute Gasteiger partial charge is 0.508 e. The van der Waals surface area contributed by atoms with Crippen molar-refractivity contribution in [1.82, 2.24) is 4.90 Å². The summed E-state index contributed by atoms with van der Waals surface area (Å²) >= 11 is 0. The molecule has 1 saturated heterocycles. The summed E-state index contributed by atoms with van der Waals surface area (Å²) in [5, 5.41) is 13.7. The van der Waals surface area contributed by atoms with Crippen molar-refractivity contribution in [3.8, 4) is 23.0 Å². The molecule has 40 heavy (non-hydrogen) atoms. The summed E-state index contributed by atoms with van der Waals surface area (Å²) in [6.45, 7) is 6.67. The Labute approximate surface area is 238 Å². The van der Waals surface area contributed by atoms with Crippen LogP contribution in [0.15, 0.2) is 54.6 Å². The zero-order valence-corrected chi connectivity index (χ0v) is 23.7. The van der Waals surface area contributed by atoms with Crippen molar-refractivity contribution in [2.75, 3.05) is 38.4 Å². The van der Waals surface area contributed by atoms with Gasteiger partial charge in [-0.2, -0.15) is 0 Å². The Morgan fingerprint density at radius 3 is 2.52 bits per heavy atom. The third-order valence-electron chi connectivity index (χ3n) is 8.64. The van der Waals surface area contributed by atoms with E-state index in [1.54, 1.807) is 6.07 Å². The van der Waals surface area contributed by atoms with E-state index in [4.69, 9.17) is 14.2 Å². The van der Waals surface area contributed by atoms with Gasteiger partial charge >= 0.3 is 0 Å². The molecule has 6 heteroatoms. The molecule has 2 aliphatic heterocycles. The number of nitrogens with one attached hydrogen (secondary N) is 1. The van der Waals surface area contributed by atoms with Gasteiger partial charge in [0.15, 0.2) is 11.5 Å². The van der Waals surface area contributed by atoms with Gasteiger partial charge in [0.2, 0.25) is 6.79 Å². The zero-order chi connectivity index (χ0) is 27.3. The standard InChI is InChI=1S/C34H42N2O4/c1-24(18-25-6-12-30(13-7-25)38-17-16-36-14-4-2-3-5-15-36)35-32-22-34-33(39-23-40-34)21-31(32)28-9-8-27-20-29(37)11-10-26(27)19-28/h6-7,10-13,20-22,24,28,35,37H,2-5,8-9,14-19,23H2,1H3. The van der Waals surface area contributed by atoms with Gasteiger partial charge in [0.1, 0.15) is 18.1 Å². The number of hydrogen-bond donors (Lipinski definition) is 2. The number of benzene rings is 3. The molecule has 0 spiro atoms. The van der Waals surface area contributed by atoms with Crippen LogP contribution in [0.5, 0.6) is 23.0 Å². The van der Waals surface area contributed by atoms with E-state index in [1.165, 1.54) is 61.0 Å². The molecule has 2 heterocycles. The maximum atomic E-state index is 9.90. The summed E-state index contributed by atoms with van der Waals surface area (Å²) in [6.07, 6.45) is 9.23. The Morgan fingerprint density at radius 1 is 0.950 bits per heavy atom. The predicted octanol–water partition coefficient (Wildman–Crippen LogP) is 6.69. The Morgan fingerprint density at radius 2 is 1.73 bits per heavy atom. The fraction of sp³-hybridized carbons (Fsp3) is 0.471. The molecule has 6 nitrogen and oxygen atoms in total. The first-order valence-corrected chi connectivity index (χ1v) is 15.1. The van der Waals surface area contributed by atoms with Gasteiger partial charge in [-0.3, -0.25) is 4.90 Å². The summed E-state index contributed by atoms with van der Waals surface area (Å²) in [7, 11) is 0. The second-order valence-electron chi connectivity index (χ2n) is 11.7. The van der Waals surface area contributed by atoms with Gasteiger partial charge in [-0.25, -0.2) is 0 Å². The lowest BCUT2D eigenvalue weighted by atomic mass is 9.79. The molecule has 212 valence electrons. The Kier molecular flexibility index (Phi) is 8.33. The lowest BCUT2D eigenvalue weighted by molar-refractivity contribution is 0.174. The van der Waals surface area contributed by atoms with Crippen molar-refractivity contribution in [2.45, 2.75) is 70.3 Å². The molecular weight excluding hydrogens is 500 g/mol. The van der Waals surface area contributed by atoms with Crippen molar-refractivity contribution < 1.29 is 19.3 Å². The second kappa shape index (κ2) is 12.4. The molecule has 0 saturated carbocycles. The van der Waals surface area contributed by atoms with E-state index in [1.807, 2.05) is 6.07 Å². The molecule has 6 rings (SSSR count). The van der Waals surface area contributed by atoms with E-state index >= 15 is 0 Å². The van der Waals surface area contributed by atoms with Crippen LogP contribution < -0.4 is 19.5 Å². The third-order valence-corrected chi connectivity index (χ3v) is 8.64. The zero-order valence-electron chi connectivity index (χ0n) is 23.7. The van der Waals surface area contributed by atoms with Crippen molar-refractivity contribution in [1.29, 1.82) is 0 Å². The molecule has 3 aromatic carbocycles. The maximum absolute atomic E-state index is 9.90. The van der Waals surface area contributed by atoms with Gasteiger partial charge in [-0.05, 0) is 117 Å². The smallest absolute Gasteiger partial charge is 0.231 e. The molecule has 0 amide bonds. The monoisotopic (exact) mass is 542 g/mol. The quantitative estimate of drug-likeness (QED) is 0.314. The molecule has 2 atom stereocenters. The number of aromatic hydroxyl groups is 1. The van der Waals surface area contributed by atoms with Crippen molar-refractivity contribution in [2.24, 2.45) is 0 Å². The topological polar surface area (TPSA) is 63.2 Å². The van der Waals surface area contributed by atoms with Crippen LogP contribution in [0.2, 0.25) is 0 Å². The molecule has 1 aliphatic carbocycles. The molecule has 3 aliphatic rings. The molecular formula is C34H42N2O4. The molecule has 0 bridgehead atoms. The number of rotatable bonds is 9. The van der Waals surface area contributed by atoms with Crippen LogP contribution in [-0.4, -0.2) is 49.1 Å². The van der Waals surface area contributed by atoms with Crippen LogP contribution in [0.1, 0.15) is 67.2 Å². The first-order valence-electron chi connectivity index (χ1n) is 15.1. The highest BCUT2D eigenvalue weighted by Crippen LogP contribution is 2.44. The highest BCUT2D eigenvalue weighted by atomic mass is 16.7. The highest BCUT2D eigenvalue weighted by Gasteiger charge is 2.26. The maximum Gasteiger partial charge on any atom is 0.231 e. The third kappa shape index (κ3) is 6.49. The first kappa shape index (κ1) is 26.8. The Hall–Kier alpha value is -3.38. The number of fused-ring (bicyclic) bond motifs is 2. The van der Waals surface area contributed by atoms with Crippen molar-refractivity contribution >= 4 is 5.69 Å². The van der Waals surface area contributed by atoms with E-state index in [2.05, 4.69) is 59.6 Å². The lowest BCUT2D eigenvalue weighted by Gasteiger charge is -2.28. The molecule has 0 radical (unpaired) electrons. The van der Waals surface area contributed by atoms with Gasteiger partial charge in [0, 0.05) is 24.3 Å². The SMILES string of the molecule is CC(Cc1ccc(OCCN2CCCCCC2)cc1)Nc1cc2c(cc1C1CCc3cc(O)ccc3C1)OCO2. The van der Waals surface area contributed by atoms with E-state index in [-0.39, 0.29) is 12.8 Å². The van der Waals surface area contributed by atoms with Gasteiger partial charge in [-0.15, -0.1) is 0 Å².